The minimum absolute atomic E-state index is 0.418. The van der Waals surface area contributed by atoms with Crippen LogP contribution in [-0.2, 0) is 4.74 Å². The topological polar surface area (TPSA) is 91.9 Å². The molecule has 2 aliphatic rings. The van der Waals surface area contributed by atoms with E-state index >= 15 is 0 Å². The smallest absolute Gasteiger partial charge is 0.250 e. The van der Waals surface area contributed by atoms with Gasteiger partial charge in [0.1, 0.15) is 11.5 Å². The van der Waals surface area contributed by atoms with Crippen LogP contribution in [0.5, 0.6) is 0 Å². The zero-order chi connectivity index (χ0) is 23.3. The first-order chi connectivity index (χ1) is 16.7. The molecule has 1 aromatic carbocycles. The number of aryl methyl sites for hydroxylation is 1. The number of halogens is 1. The Morgan fingerprint density at radius 1 is 0.941 bits per heavy atom. The molecule has 2 aromatic heterocycles. The number of ether oxygens (including phenoxy) is 1. The summed E-state index contributed by atoms with van der Waals surface area (Å²) in [5.41, 5.74) is 5.16. The van der Waals surface area contributed by atoms with Crippen LogP contribution in [0.1, 0.15) is 30.6 Å². The second kappa shape index (κ2) is 10.5. The normalized spacial score (nSPS) is 16.9. The largest absolute Gasteiger partial charge is 0.455 e. The van der Waals surface area contributed by atoms with Crippen molar-refractivity contribution in [3.63, 3.8) is 0 Å². The molecule has 0 amide bonds. The Hall–Kier alpha value is -2.98. The zero-order valence-corrected chi connectivity index (χ0v) is 20.8. The number of hydrogen-bond donors (Lipinski definition) is 1. The van der Waals surface area contributed by atoms with Gasteiger partial charge in [0.2, 0.25) is 17.8 Å². The maximum absolute atomic E-state index is 5.96. The molecule has 3 aromatic rings. The lowest BCUT2D eigenvalue weighted by molar-refractivity contribution is 0.122. The molecule has 2 fully saturated rings. The van der Waals surface area contributed by atoms with Crippen molar-refractivity contribution in [3.8, 4) is 11.3 Å². The van der Waals surface area contributed by atoms with Crippen LogP contribution in [0.15, 0.2) is 44.3 Å². The van der Waals surface area contributed by atoms with Gasteiger partial charge in [-0.2, -0.15) is 20.1 Å². The fourth-order valence-corrected chi connectivity index (χ4v) is 4.77. The summed E-state index contributed by atoms with van der Waals surface area (Å²) in [7, 11) is 0. The minimum Gasteiger partial charge on any atom is -0.455 e. The second-order valence-electron chi connectivity index (χ2n) is 8.46. The molecule has 0 unspecified atom stereocenters. The van der Waals surface area contributed by atoms with Gasteiger partial charge in [0.05, 0.1) is 19.4 Å². The van der Waals surface area contributed by atoms with Crippen LogP contribution in [0.3, 0.4) is 0 Å². The summed E-state index contributed by atoms with van der Waals surface area (Å²) < 4.78 is 12.4. The molecule has 4 heterocycles. The van der Waals surface area contributed by atoms with E-state index in [-0.39, 0.29) is 0 Å². The van der Waals surface area contributed by atoms with Gasteiger partial charge in [-0.05, 0) is 56.0 Å². The Labute approximate surface area is 207 Å². The average Bonchev–Trinajstić information content (AvgIpc) is 3.33. The van der Waals surface area contributed by atoms with Crippen molar-refractivity contribution in [1.82, 2.24) is 15.0 Å². The van der Waals surface area contributed by atoms with Crippen LogP contribution in [0.2, 0.25) is 0 Å². The van der Waals surface area contributed by atoms with Crippen molar-refractivity contribution in [3.05, 3.63) is 46.1 Å². The summed E-state index contributed by atoms with van der Waals surface area (Å²) in [6, 6.07) is 9.99. The molecule has 2 aliphatic heterocycles. The second-order valence-corrected chi connectivity index (χ2v) is 9.32. The van der Waals surface area contributed by atoms with Gasteiger partial charge in [-0.15, -0.1) is 0 Å². The first-order valence-electron chi connectivity index (χ1n) is 11.6. The molecule has 10 heteroatoms. The van der Waals surface area contributed by atoms with Crippen molar-refractivity contribution in [1.29, 1.82) is 0 Å². The molecule has 0 spiro atoms. The molecule has 0 radical (unpaired) electrons. The Balaban J connectivity index is 1.33. The summed E-state index contributed by atoms with van der Waals surface area (Å²) in [5, 5.41) is 4.33. The van der Waals surface area contributed by atoms with Gasteiger partial charge < -0.3 is 19.0 Å². The summed E-state index contributed by atoms with van der Waals surface area (Å²) in [6.07, 6.45) is 5.18. The van der Waals surface area contributed by atoms with Crippen LogP contribution in [0.25, 0.3) is 11.3 Å². The highest BCUT2D eigenvalue weighted by atomic mass is 79.9. The van der Waals surface area contributed by atoms with Gasteiger partial charge in [0.15, 0.2) is 0 Å². The van der Waals surface area contributed by atoms with Crippen molar-refractivity contribution in [2.24, 2.45) is 5.10 Å². The number of piperidine rings is 1. The Kier molecular flexibility index (Phi) is 7.05. The number of hydrazone groups is 1. The summed E-state index contributed by atoms with van der Waals surface area (Å²) >= 11 is 3.61. The van der Waals surface area contributed by atoms with E-state index in [9.17, 15) is 0 Å². The molecule has 0 atom stereocenters. The standard InChI is InChI=1S/C24H28BrN7O2/c1-17-5-7-19(20(25)15-17)21-8-6-18(34-21)16-26-30-22-27-23(31-9-3-2-4-10-31)29-24(28-22)32-11-13-33-14-12-32/h5-8,15-16H,2-4,9-14H2,1H3,(H,27,28,29,30)/b26-16-. The van der Waals surface area contributed by atoms with Crippen molar-refractivity contribution in [2.75, 3.05) is 54.6 Å². The van der Waals surface area contributed by atoms with Crippen LogP contribution < -0.4 is 15.2 Å². The summed E-state index contributed by atoms with van der Waals surface area (Å²) in [4.78, 5) is 18.4. The first kappa shape index (κ1) is 22.8. The average molecular weight is 526 g/mol. The Morgan fingerprint density at radius 3 is 2.41 bits per heavy atom. The van der Waals surface area contributed by atoms with E-state index in [1.165, 1.54) is 12.0 Å². The summed E-state index contributed by atoms with van der Waals surface area (Å²) in [6.45, 7) is 6.83. The lowest BCUT2D eigenvalue weighted by atomic mass is 10.1. The van der Waals surface area contributed by atoms with E-state index in [0.717, 1.165) is 54.8 Å². The number of nitrogens with one attached hydrogen (secondary N) is 1. The van der Waals surface area contributed by atoms with Crippen LogP contribution in [0, 0.1) is 6.92 Å². The van der Waals surface area contributed by atoms with E-state index in [2.05, 4.69) is 65.3 Å². The SMILES string of the molecule is Cc1ccc(-c2ccc(/C=N\Nc3nc(N4CCCCC4)nc(N4CCOCC4)n3)o2)c(Br)c1. The van der Waals surface area contributed by atoms with Crippen LogP contribution in [0.4, 0.5) is 17.8 Å². The van der Waals surface area contributed by atoms with Crippen molar-refractivity contribution < 1.29 is 9.15 Å². The molecular weight excluding hydrogens is 498 g/mol. The zero-order valence-electron chi connectivity index (χ0n) is 19.2. The van der Waals surface area contributed by atoms with Crippen LogP contribution >= 0.6 is 15.9 Å². The van der Waals surface area contributed by atoms with Crippen LogP contribution in [-0.4, -0.2) is 60.6 Å². The lowest BCUT2D eigenvalue weighted by Crippen LogP contribution is -2.38. The maximum atomic E-state index is 5.96. The highest BCUT2D eigenvalue weighted by molar-refractivity contribution is 9.10. The highest BCUT2D eigenvalue weighted by Crippen LogP contribution is 2.30. The van der Waals surface area contributed by atoms with Crippen molar-refractivity contribution in [2.45, 2.75) is 26.2 Å². The number of aromatic nitrogens is 3. The first-order valence-corrected chi connectivity index (χ1v) is 12.4. The minimum atomic E-state index is 0.418. The molecule has 0 saturated carbocycles. The predicted molar refractivity (Wildman–Crippen MR) is 137 cm³/mol. The number of benzene rings is 1. The van der Waals surface area contributed by atoms with Gasteiger partial charge in [-0.3, -0.25) is 0 Å². The summed E-state index contributed by atoms with van der Waals surface area (Å²) in [5.74, 6) is 3.17. The van der Waals surface area contributed by atoms with Gasteiger partial charge in [-0.25, -0.2) is 5.43 Å². The number of morpholine rings is 1. The third-order valence-electron chi connectivity index (χ3n) is 5.92. The predicted octanol–water partition coefficient (Wildman–Crippen LogP) is 4.48. The molecule has 9 nitrogen and oxygen atoms in total. The Bertz CT molecular complexity index is 1120. The number of rotatable bonds is 6. The maximum Gasteiger partial charge on any atom is 0.250 e. The number of furan rings is 1. The van der Waals surface area contributed by atoms with Gasteiger partial charge in [0.25, 0.3) is 0 Å². The molecule has 5 rings (SSSR count). The van der Waals surface area contributed by atoms with E-state index in [1.807, 2.05) is 18.2 Å². The highest BCUT2D eigenvalue weighted by Gasteiger charge is 2.20. The molecule has 34 heavy (non-hydrogen) atoms. The third-order valence-corrected chi connectivity index (χ3v) is 6.57. The van der Waals surface area contributed by atoms with E-state index < -0.39 is 0 Å². The molecule has 0 bridgehead atoms. The Morgan fingerprint density at radius 2 is 1.68 bits per heavy atom. The number of anilines is 3. The third kappa shape index (κ3) is 5.39. The molecular formula is C24H28BrN7O2. The van der Waals surface area contributed by atoms with Gasteiger partial charge in [-0.1, -0.05) is 22.0 Å². The van der Waals surface area contributed by atoms with Crippen molar-refractivity contribution >= 4 is 40.0 Å². The van der Waals surface area contributed by atoms with Gasteiger partial charge >= 0.3 is 0 Å². The van der Waals surface area contributed by atoms with Gasteiger partial charge in [0, 0.05) is 36.2 Å². The van der Waals surface area contributed by atoms with E-state index in [4.69, 9.17) is 14.1 Å². The van der Waals surface area contributed by atoms with E-state index in [0.29, 0.717) is 36.8 Å². The molecule has 178 valence electrons. The van der Waals surface area contributed by atoms with E-state index in [1.54, 1.807) is 6.21 Å². The molecule has 2 saturated heterocycles. The fourth-order valence-electron chi connectivity index (χ4n) is 4.08. The quantitative estimate of drug-likeness (QED) is 0.372. The monoisotopic (exact) mass is 525 g/mol. The number of hydrogen-bond acceptors (Lipinski definition) is 9. The molecule has 0 aliphatic carbocycles. The molecule has 1 N–H and O–H groups in total. The number of nitrogens with zero attached hydrogens (tertiary/aromatic N) is 6. The lowest BCUT2D eigenvalue weighted by Gasteiger charge is -2.30. The fraction of sp³-hybridized carbons (Fsp3) is 0.417.